The van der Waals surface area contributed by atoms with Gasteiger partial charge in [0.25, 0.3) is 5.91 Å². The molecule has 6 heteroatoms. The lowest BCUT2D eigenvalue weighted by Gasteiger charge is -2.12. The van der Waals surface area contributed by atoms with E-state index in [1.54, 1.807) is 25.0 Å². The van der Waals surface area contributed by atoms with Crippen LogP contribution in [0, 0.1) is 0 Å². The van der Waals surface area contributed by atoms with E-state index in [0.717, 1.165) is 11.4 Å². The third kappa shape index (κ3) is 3.58. The number of aromatic nitrogens is 2. The fraction of sp³-hybridized carbons (Fsp3) is 0.286. The van der Waals surface area contributed by atoms with Gasteiger partial charge in [-0.1, -0.05) is 12.1 Å². The molecule has 0 spiro atoms. The highest BCUT2D eigenvalue weighted by atomic mass is 16.5. The van der Waals surface area contributed by atoms with Gasteiger partial charge < -0.3 is 15.4 Å². The minimum atomic E-state index is -0.181. The Kier molecular flexibility index (Phi) is 4.73. The molecule has 1 aromatic heterocycles. The van der Waals surface area contributed by atoms with Crippen molar-refractivity contribution in [2.24, 2.45) is 7.05 Å². The summed E-state index contributed by atoms with van der Waals surface area (Å²) in [6.07, 6.45) is 3.21. The van der Waals surface area contributed by atoms with E-state index in [2.05, 4.69) is 15.7 Å². The predicted molar refractivity (Wildman–Crippen MR) is 78.0 cm³/mol. The molecule has 1 heterocycles. The van der Waals surface area contributed by atoms with Crippen LogP contribution in [0.1, 0.15) is 10.4 Å². The molecule has 0 aliphatic rings. The number of para-hydroxylation sites is 2. The number of carbonyl (C=O) groups excluding carboxylic acids is 1. The number of ether oxygens (including phenoxy) is 1. The summed E-state index contributed by atoms with van der Waals surface area (Å²) in [5, 5.41) is 10.1. The van der Waals surface area contributed by atoms with Gasteiger partial charge in [0.2, 0.25) is 0 Å². The summed E-state index contributed by atoms with van der Waals surface area (Å²) in [5.41, 5.74) is 2.12. The first-order valence-electron chi connectivity index (χ1n) is 6.32. The van der Waals surface area contributed by atoms with Crippen molar-refractivity contribution in [2.75, 3.05) is 30.9 Å². The second kappa shape index (κ2) is 6.72. The summed E-state index contributed by atoms with van der Waals surface area (Å²) in [4.78, 5) is 12.1. The van der Waals surface area contributed by atoms with Gasteiger partial charge in [0, 0.05) is 26.9 Å². The molecule has 6 nitrogen and oxygen atoms in total. The summed E-state index contributed by atoms with van der Waals surface area (Å²) >= 11 is 0. The van der Waals surface area contributed by atoms with Crippen molar-refractivity contribution < 1.29 is 9.53 Å². The van der Waals surface area contributed by atoms with Crippen LogP contribution in [-0.2, 0) is 11.8 Å². The quantitative estimate of drug-likeness (QED) is 0.787. The van der Waals surface area contributed by atoms with Crippen molar-refractivity contribution >= 4 is 17.3 Å². The lowest BCUT2D eigenvalue weighted by Crippen LogP contribution is -2.14. The molecule has 2 N–H and O–H groups in total. The van der Waals surface area contributed by atoms with Crippen LogP contribution in [-0.4, -0.2) is 35.9 Å². The van der Waals surface area contributed by atoms with Gasteiger partial charge >= 0.3 is 0 Å². The summed E-state index contributed by atoms with van der Waals surface area (Å²) in [5.74, 6) is -0.181. The number of carbonyl (C=O) groups is 1. The van der Waals surface area contributed by atoms with E-state index in [0.29, 0.717) is 18.7 Å². The third-order valence-electron chi connectivity index (χ3n) is 2.76. The van der Waals surface area contributed by atoms with Crippen LogP contribution < -0.4 is 10.6 Å². The van der Waals surface area contributed by atoms with E-state index >= 15 is 0 Å². The van der Waals surface area contributed by atoms with E-state index in [-0.39, 0.29) is 5.91 Å². The number of aryl methyl sites for hydroxylation is 1. The first-order valence-corrected chi connectivity index (χ1v) is 6.32. The van der Waals surface area contributed by atoms with Gasteiger partial charge in [-0.3, -0.25) is 9.48 Å². The Bertz CT molecular complexity index is 580. The highest BCUT2D eigenvalue weighted by Gasteiger charge is 2.10. The number of benzene rings is 1. The molecule has 2 rings (SSSR count). The minimum Gasteiger partial charge on any atom is -0.383 e. The van der Waals surface area contributed by atoms with Gasteiger partial charge in [0.05, 0.1) is 29.7 Å². The van der Waals surface area contributed by atoms with Crippen LogP contribution in [0.5, 0.6) is 0 Å². The second-order valence-electron chi connectivity index (χ2n) is 4.32. The maximum absolute atomic E-state index is 12.1. The van der Waals surface area contributed by atoms with Crippen molar-refractivity contribution in [3.8, 4) is 0 Å². The molecule has 20 heavy (non-hydrogen) atoms. The Morgan fingerprint density at radius 1 is 1.35 bits per heavy atom. The van der Waals surface area contributed by atoms with E-state index in [4.69, 9.17) is 4.74 Å². The summed E-state index contributed by atoms with van der Waals surface area (Å²) in [6.45, 7) is 1.28. The first-order chi connectivity index (χ1) is 9.70. The highest BCUT2D eigenvalue weighted by Crippen LogP contribution is 2.21. The van der Waals surface area contributed by atoms with Crippen LogP contribution in [0.2, 0.25) is 0 Å². The van der Waals surface area contributed by atoms with Crippen LogP contribution in [0.25, 0.3) is 0 Å². The average Bonchev–Trinajstić information content (AvgIpc) is 2.88. The minimum absolute atomic E-state index is 0.181. The fourth-order valence-electron chi connectivity index (χ4n) is 1.77. The molecule has 0 bridgehead atoms. The number of anilines is 2. The number of hydrogen-bond acceptors (Lipinski definition) is 4. The molecule has 0 radical (unpaired) electrons. The number of nitrogens with zero attached hydrogens (tertiary/aromatic N) is 2. The van der Waals surface area contributed by atoms with Gasteiger partial charge in [0.15, 0.2) is 0 Å². The predicted octanol–water partition coefficient (Wildman–Crippen LogP) is 1.73. The number of nitrogens with one attached hydrogen (secondary N) is 2. The lowest BCUT2D eigenvalue weighted by molar-refractivity contribution is 0.102. The van der Waals surface area contributed by atoms with Gasteiger partial charge in [-0.05, 0) is 12.1 Å². The average molecular weight is 274 g/mol. The Morgan fingerprint density at radius 2 is 2.10 bits per heavy atom. The Morgan fingerprint density at radius 3 is 2.75 bits per heavy atom. The molecule has 0 atom stereocenters. The molecule has 106 valence electrons. The van der Waals surface area contributed by atoms with Gasteiger partial charge in [0.1, 0.15) is 0 Å². The summed E-state index contributed by atoms with van der Waals surface area (Å²) < 4.78 is 6.59. The third-order valence-corrected chi connectivity index (χ3v) is 2.76. The lowest BCUT2D eigenvalue weighted by atomic mass is 10.2. The monoisotopic (exact) mass is 274 g/mol. The fourth-order valence-corrected chi connectivity index (χ4v) is 1.77. The van der Waals surface area contributed by atoms with E-state index in [9.17, 15) is 4.79 Å². The van der Waals surface area contributed by atoms with E-state index in [1.165, 1.54) is 6.20 Å². The van der Waals surface area contributed by atoms with Crippen LogP contribution >= 0.6 is 0 Å². The second-order valence-corrected chi connectivity index (χ2v) is 4.32. The molecule has 0 unspecified atom stereocenters. The Balaban J connectivity index is 2.06. The van der Waals surface area contributed by atoms with Crippen LogP contribution in [0.15, 0.2) is 36.7 Å². The zero-order chi connectivity index (χ0) is 14.4. The maximum atomic E-state index is 12.1. The van der Waals surface area contributed by atoms with Gasteiger partial charge in [-0.2, -0.15) is 5.10 Å². The van der Waals surface area contributed by atoms with Crippen molar-refractivity contribution in [1.29, 1.82) is 0 Å². The molecule has 0 aliphatic carbocycles. The highest BCUT2D eigenvalue weighted by molar-refractivity contribution is 6.05. The SMILES string of the molecule is COCCNc1ccccc1NC(=O)c1cnn(C)c1. The van der Waals surface area contributed by atoms with Crippen molar-refractivity contribution in [1.82, 2.24) is 9.78 Å². The molecule has 1 aromatic carbocycles. The molecule has 0 saturated heterocycles. The summed E-state index contributed by atoms with van der Waals surface area (Å²) in [7, 11) is 3.43. The smallest absolute Gasteiger partial charge is 0.258 e. The van der Waals surface area contributed by atoms with Crippen molar-refractivity contribution in [3.05, 3.63) is 42.2 Å². The zero-order valence-corrected chi connectivity index (χ0v) is 11.6. The van der Waals surface area contributed by atoms with Gasteiger partial charge in [-0.15, -0.1) is 0 Å². The number of amides is 1. The Labute approximate surface area is 117 Å². The largest absolute Gasteiger partial charge is 0.383 e. The van der Waals surface area contributed by atoms with Crippen LogP contribution in [0.3, 0.4) is 0 Å². The molecule has 2 aromatic rings. The standard InChI is InChI=1S/C14H18N4O2/c1-18-10-11(9-16-18)14(19)17-13-6-4-3-5-12(13)15-7-8-20-2/h3-6,9-10,15H,7-8H2,1-2H3,(H,17,19). The molecule has 1 amide bonds. The molecular formula is C14H18N4O2. The number of methoxy groups -OCH3 is 1. The number of rotatable bonds is 6. The van der Waals surface area contributed by atoms with Crippen LogP contribution in [0.4, 0.5) is 11.4 Å². The summed E-state index contributed by atoms with van der Waals surface area (Å²) in [6, 6.07) is 7.55. The molecule has 0 aliphatic heterocycles. The van der Waals surface area contributed by atoms with E-state index < -0.39 is 0 Å². The first kappa shape index (κ1) is 14.1. The molecular weight excluding hydrogens is 256 g/mol. The molecule has 0 saturated carbocycles. The molecule has 0 fully saturated rings. The normalized spacial score (nSPS) is 10.3. The van der Waals surface area contributed by atoms with Crippen molar-refractivity contribution in [3.63, 3.8) is 0 Å². The van der Waals surface area contributed by atoms with E-state index in [1.807, 2.05) is 24.3 Å². The van der Waals surface area contributed by atoms with Crippen molar-refractivity contribution in [2.45, 2.75) is 0 Å². The van der Waals surface area contributed by atoms with Gasteiger partial charge in [-0.25, -0.2) is 0 Å². The maximum Gasteiger partial charge on any atom is 0.258 e. The zero-order valence-electron chi connectivity index (χ0n) is 11.6. The number of hydrogen-bond donors (Lipinski definition) is 2. The topological polar surface area (TPSA) is 68.2 Å². The Hall–Kier alpha value is -2.34.